The summed E-state index contributed by atoms with van der Waals surface area (Å²) in [6, 6.07) is 20.8. The minimum absolute atomic E-state index is 0.107. The van der Waals surface area contributed by atoms with E-state index in [9.17, 15) is 9.59 Å². The van der Waals surface area contributed by atoms with Gasteiger partial charge in [0.1, 0.15) is 6.54 Å². The van der Waals surface area contributed by atoms with Gasteiger partial charge in [0.25, 0.3) is 5.91 Å². The molecule has 0 aliphatic heterocycles. The molecule has 3 aromatic carbocycles. The molecule has 0 aliphatic carbocycles. The monoisotopic (exact) mass is 497 g/mol. The lowest BCUT2D eigenvalue weighted by Crippen LogP contribution is -2.34. The third kappa shape index (κ3) is 7.25. The smallest absolute Gasteiger partial charge is 0.251 e. The minimum atomic E-state index is -0.245. The number of nitrogens with zero attached hydrogens (tertiary/aromatic N) is 1. The van der Waals surface area contributed by atoms with E-state index in [0.717, 1.165) is 21.7 Å². The highest BCUT2D eigenvalue weighted by molar-refractivity contribution is 8.00. The summed E-state index contributed by atoms with van der Waals surface area (Å²) in [5.41, 5.74) is 4.34. The molecule has 0 saturated heterocycles. The van der Waals surface area contributed by atoms with E-state index in [2.05, 4.69) is 10.6 Å². The molecule has 34 heavy (non-hydrogen) atoms. The molecule has 3 aromatic rings. The Bertz CT molecular complexity index is 1120. The van der Waals surface area contributed by atoms with Crippen molar-refractivity contribution < 1.29 is 14.7 Å². The van der Waals surface area contributed by atoms with Crippen LogP contribution >= 0.6 is 23.5 Å². The van der Waals surface area contributed by atoms with Gasteiger partial charge in [0.2, 0.25) is 5.91 Å². The van der Waals surface area contributed by atoms with Gasteiger partial charge in [-0.2, -0.15) is 0 Å². The van der Waals surface area contributed by atoms with Gasteiger partial charge in [-0.1, -0.05) is 47.5 Å². The summed E-state index contributed by atoms with van der Waals surface area (Å²) in [5.74, 6) is -0.381. The number of aryl methyl sites for hydroxylation is 1. The number of aliphatic hydroxyl groups is 1. The molecule has 0 spiro atoms. The molecular weight excluding hydrogens is 470 g/mol. The fraction of sp³-hybridized carbons (Fsp3) is 0.231. The number of anilines is 1. The van der Waals surface area contributed by atoms with E-state index in [-0.39, 0.29) is 31.5 Å². The maximum absolute atomic E-state index is 12.8. The van der Waals surface area contributed by atoms with Crippen molar-refractivity contribution in [2.45, 2.75) is 25.3 Å². The lowest BCUT2D eigenvalue weighted by atomic mass is 10.1. The molecule has 0 atom stereocenters. The topological polar surface area (TPSA) is 81.7 Å². The highest BCUT2D eigenvalue weighted by Crippen LogP contribution is 2.34. The van der Waals surface area contributed by atoms with Crippen LogP contribution in [0.15, 0.2) is 71.6 Å². The molecule has 0 saturated carbocycles. The molecule has 3 N–H and O–H groups in total. The van der Waals surface area contributed by atoms with Crippen LogP contribution in [-0.4, -0.2) is 36.6 Å². The van der Waals surface area contributed by atoms with Crippen LogP contribution < -0.4 is 14.9 Å². The summed E-state index contributed by atoms with van der Waals surface area (Å²) in [6.45, 7) is 4.56. The highest BCUT2D eigenvalue weighted by atomic mass is 35.5. The van der Waals surface area contributed by atoms with Crippen LogP contribution in [-0.2, 0) is 11.3 Å². The Balaban J connectivity index is 1.66. The lowest BCUT2D eigenvalue weighted by Gasteiger charge is -2.25. The van der Waals surface area contributed by atoms with Gasteiger partial charge in [0.15, 0.2) is 0 Å². The van der Waals surface area contributed by atoms with Crippen LogP contribution in [0.3, 0.4) is 0 Å². The van der Waals surface area contributed by atoms with Crippen molar-refractivity contribution in [2.75, 3.05) is 24.0 Å². The number of carbonyl (C=O) groups excluding carboxylic acids is 2. The predicted octanol–water partition coefficient (Wildman–Crippen LogP) is 4.51. The summed E-state index contributed by atoms with van der Waals surface area (Å²) in [4.78, 5) is 25.8. The van der Waals surface area contributed by atoms with Crippen LogP contribution in [0, 0.1) is 13.8 Å². The lowest BCUT2D eigenvalue weighted by molar-refractivity contribution is -0.119. The quantitative estimate of drug-likeness (QED) is 0.359. The SMILES string of the molecule is Cc1ccc(SN(CC(=O)NCc2ccc(C(=O)NCCO)cc2)c2cccc(Cl)c2C)cc1. The molecule has 0 heterocycles. The molecule has 2 amide bonds. The van der Waals surface area contributed by atoms with Crippen molar-refractivity contribution in [3.63, 3.8) is 0 Å². The Morgan fingerprint density at radius 1 is 0.971 bits per heavy atom. The zero-order chi connectivity index (χ0) is 24.5. The van der Waals surface area contributed by atoms with Crippen LogP contribution in [0.4, 0.5) is 5.69 Å². The Labute approximate surface area is 209 Å². The highest BCUT2D eigenvalue weighted by Gasteiger charge is 2.17. The molecule has 8 heteroatoms. The summed E-state index contributed by atoms with van der Waals surface area (Å²) >= 11 is 7.83. The summed E-state index contributed by atoms with van der Waals surface area (Å²) < 4.78 is 1.94. The van der Waals surface area contributed by atoms with Crippen LogP contribution in [0.2, 0.25) is 5.02 Å². The van der Waals surface area contributed by atoms with Gasteiger partial charge in [0, 0.05) is 28.6 Å². The molecule has 0 fully saturated rings. The van der Waals surface area contributed by atoms with E-state index >= 15 is 0 Å². The standard InChI is InChI=1S/C26H28ClN3O3S/c1-18-6-12-22(13-7-18)34-30(24-5-3-4-23(27)19(24)2)17-25(32)29-16-20-8-10-21(11-9-20)26(33)28-14-15-31/h3-13,31H,14-17H2,1-2H3,(H,28,33)(H,29,32). The van der Waals surface area contributed by atoms with Crippen molar-refractivity contribution in [3.05, 3.63) is 94.0 Å². The summed E-state index contributed by atoms with van der Waals surface area (Å²) in [6.07, 6.45) is 0. The second-order valence-corrected chi connectivity index (χ2v) is 9.28. The molecular formula is C26H28ClN3O3S. The predicted molar refractivity (Wildman–Crippen MR) is 138 cm³/mol. The third-order valence-electron chi connectivity index (χ3n) is 5.13. The number of carbonyl (C=O) groups is 2. The normalized spacial score (nSPS) is 10.6. The van der Waals surface area contributed by atoms with Crippen molar-refractivity contribution in [1.29, 1.82) is 0 Å². The van der Waals surface area contributed by atoms with Crippen LogP contribution in [0.1, 0.15) is 27.0 Å². The van der Waals surface area contributed by atoms with Gasteiger partial charge >= 0.3 is 0 Å². The first-order valence-corrected chi connectivity index (χ1v) is 12.0. The number of nitrogens with one attached hydrogen (secondary N) is 2. The number of benzene rings is 3. The Hall–Kier alpha value is -3.00. The zero-order valence-corrected chi connectivity index (χ0v) is 20.7. The van der Waals surface area contributed by atoms with Crippen LogP contribution in [0.25, 0.3) is 0 Å². The molecule has 6 nitrogen and oxygen atoms in total. The number of amides is 2. The summed E-state index contributed by atoms with van der Waals surface area (Å²) in [7, 11) is 0. The number of rotatable bonds is 10. The largest absolute Gasteiger partial charge is 0.395 e. The molecule has 0 aliphatic rings. The minimum Gasteiger partial charge on any atom is -0.395 e. The molecule has 0 radical (unpaired) electrons. The summed E-state index contributed by atoms with van der Waals surface area (Å²) in [5, 5.41) is 15.0. The van der Waals surface area contributed by atoms with E-state index in [1.165, 1.54) is 17.5 Å². The first kappa shape index (κ1) is 25.6. The fourth-order valence-corrected chi connectivity index (χ4v) is 4.35. The first-order valence-electron chi connectivity index (χ1n) is 10.9. The van der Waals surface area contributed by atoms with E-state index in [0.29, 0.717) is 17.1 Å². The second kappa shape index (κ2) is 12.5. The Kier molecular flexibility index (Phi) is 9.39. The van der Waals surface area contributed by atoms with Gasteiger partial charge < -0.3 is 20.0 Å². The number of hydrogen-bond acceptors (Lipinski definition) is 5. The van der Waals surface area contributed by atoms with Crippen LogP contribution in [0.5, 0.6) is 0 Å². The zero-order valence-electron chi connectivity index (χ0n) is 19.2. The van der Waals surface area contributed by atoms with Crippen molar-refractivity contribution in [2.24, 2.45) is 0 Å². The van der Waals surface area contributed by atoms with E-state index in [1.54, 1.807) is 24.3 Å². The van der Waals surface area contributed by atoms with Gasteiger partial charge in [-0.25, -0.2) is 0 Å². The van der Waals surface area contributed by atoms with E-state index in [1.807, 2.05) is 60.6 Å². The molecule has 0 unspecified atom stereocenters. The molecule has 0 bridgehead atoms. The average molecular weight is 498 g/mol. The maximum atomic E-state index is 12.8. The van der Waals surface area contributed by atoms with Crippen molar-refractivity contribution >= 4 is 41.1 Å². The first-order chi connectivity index (χ1) is 16.4. The number of halogens is 1. The van der Waals surface area contributed by atoms with Crippen molar-refractivity contribution in [3.8, 4) is 0 Å². The third-order valence-corrected chi connectivity index (χ3v) is 6.57. The van der Waals surface area contributed by atoms with E-state index < -0.39 is 0 Å². The van der Waals surface area contributed by atoms with Gasteiger partial charge in [-0.15, -0.1) is 0 Å². The Morgan fingerprint density at radius 2 is 1.68 bits per heavy atom. The number of aliphatic hydroxyl groups excluding tert-OH is 1. The molecule has 178 valence electrons. The van der Waals surface area contributed by atoms with Gasteiger partial charge in [-0.3, -0.25) is 9.59 Å². The van der Waals surface area contributed by atoms with Gasteiger partial charge in [-0.05, 0) is 73.3 Å². The Morgan fingerprint density at radius 3 is 2.35 bits per heavy atom. The average Bonchev–Trinajstić information content (AvgIpc) is 2.84. The molecule has 0 aromatic heterocycles. The molecule has 3 rings (SSSR count). The maximum Gasteiger partial charge on any atom is 0.251 e. The number of hydrogen-bond donors (Lipinski definition) is 3. The fourth-order valence-electron chi connectivity index (χ4n) is 3.19. The van der Waals surface area contributed by atoms with Gasteiger partial charge in [0.05, 0.1) is 12.3 Å². The second-order valence-electron chi connectivity index (χ2n) is 7.78. The van der Waals surface area contributed by atoms with E-state index in [4.69, 9.17) is 16.7 Å². The van der Waals surface area contributed by atoms with Crippen molar-refractivity contribution in [1.82, 2.24) is 10.6 Å².